The van der Waals surface area contributed by atoms with Crippen LogP contribution in [0.25, 0.3) is 0 Å². The Labute approximate surface area is 179 Å². The summed E-state index contributed by atoms with van der Waals surface area (Å²) >= 11 is 1.37. The molecule has 156 valence electrons. The highest BCUT2D eigenvalue weighted by atomic mass is 32.1. The average molecular weight is 426 g/mol. The molecule has 0 saturated carbocycles. The molecule has 0 atom stereocenters. The van der Waals surface area contributed by atoms with Crippen LogP contribution >= 0.6 is 11.5 Å². The number of hydrogen-bond donors (Lipinski definition) is 1. The molecule has 1 N–H and O–H groups in total. The monoisotopic (exact) mass is 425 g/mol. The molecule has 6 nitrogen and oxygen atoms in total. The Hall–Kier alpha value is -3.00. The molecule has 30 heavy (non-hydrogen) atoms. The van der Waals surface area contributed by atoms with Crippen LogP contribution in [0.1, 0.15) is 23.4 Å². The summed E-state index contributed by atoms with van der Waals surface area (Å²) < 4.78 is 17.5. The molecule has 1 aliphatic heterocycles. The van der Waals surface area contributed by atoms with Gasteiger partial charge >= 0.3 is 6.03 Å². The van der Waals surface area contributed by atoms with Crippen molar-refractivity contribution in [1.29, 1.82) is 0 Å². The molecule has 0 unspecified atom stereocenters. The van der Waals surface area contributed by atoms with Crippen LogP contribution < -0.4 is 10.2 Å². The second-order valence-electron chi connectivity index (χ2n) is 7.42. The zero-order chi connectivity index (χ0) is 20.9. The summed E-state index contributed by atoms with van der Waals surface area (Å²) in [5.74, 6) is 0.492. The Bertz CT molecular complexity index is 990. The van der Waals surface area contributed by atoms with E-state index in [-0.39, 0.29) is 11.8 Å². The second-order valence-corrected chi connectivity index (χ2v) is 8.15. The number of anilines is 2. The van der Waals surface area contributed by atoms with Crippen molar-refractivity contribution in [1.82, 2.24) is 14.3 Å². The van der Waals surface area contributed by atoms with Gasteiger partial charge in [0.25, 0.3) is 0 Å². The minimum absolute atomic E-state index is 0.0741. The normalized spacial score (nSPS) is 14.5. The third-order valence-electron chi connectivity index (χ3n) is 5.09. The number of halogens is 1. The van der Waals surface area contributed by atoms with Gasteiger partial charge in [-0.15, -0.1) is 0 Å². The van der Waals surface area contributed by atoms with E-state index in [4.69, 9.17) is 0 Å². The number of nitrogens with one attached hydrogen (secondary N) is 1. The first-order chi connectivity index (χ1) is 14.6. The number of rotatable bonds is 4. The SMILES string of the molecule is Cc1ccc(NC(=O)N2CCCN(c3nc(Cc4ccc(F)cc4)ns3)CC2)cc1. The van der Waals surface area contributed by atoms with Gasteiger partial charge < -0.3 is 15.1 Å². The summed E-state index contributed by atoms with van der Waals surface area (Å²) in [6, 6.07) is 14.1. The minimum atomic E-state index is -0.244. The van der Waals surface area contributed by atoms with Crippen LogP contribution in [0.15, 0.2) is 48.5 Å². The Kier molecular flexibility index (Phi) is 6.23. The molecule has 3 aromatic rings. The highest BCUT2D eigenvalue weighted by molar-refractivity contribution is 7.09. The maximum Gasteiger partial charge on any atom is 0.321 e. The molecular formula is C22H24FN5OS. The van der Waals surface area contributed by atoms with Crippen molar-refractivity contribution in [2.75, 3.05) is 36.4 Å². The highest BCUT2D eigenvalue weighted by Crippen LogP contribution is 2.21. The molecule has 2 aromatic carbocycles. The van der Waals surface area contributed by atoms with E-state index >= 15 is 0 Å². The van der Waals surface area contributed by atoms with Crippen molar-refractivity contribution in [2.24, 2.45) is 0 Å². The zero-order valence-electron chi connectivity index (χ0n) is 16.8. The quantitative estimate of drug-likeness (QED) is 0.676. The Morgan fingerprint density at radius 2 is 1.83 bits per heavy atom. The fourth-order valence-electron chi connectivity index (χ4n) is 3.38. The number of urea groups is 1. The number of aromatic nitrogens is 2. The maximum absolute atomic E-state index is 13.1. The molecule has 2 amide bonds. The predicted molar refractivity (Wildman–Crippen MR) is 118 cm³/mol. The lowest BCUT2D eigenvalue weighted by Gasteiger charge is -2.22. The topological polar surface area (TPSA) is 61.4 Å². The molecule has 1 aromatic heterocycles. The largest absolute Gasteiger partial charge is 0.345 e. The van der Waals surface area contributed by atoms with E-state index in [2.05, 4.69) is 19.6 Å². The van der Waals surface area contributed by atoms with E-state index in [0.29, 0.717) is 26.1 Å². The van der Waals surface area contributed by atoms with Crippen LogP contribution in [0.4, 0.5) is 20.0 Å². The zero-order valence-corrected chi connectivity index (χ0v) is 17.7. The Morgan fingerprint density at radius 3 is 2.60 bits per heavy atom. The molecule has 4 rings (SSSR count). The number of nitrogens with zero attached hydrogens (tertiary/aromatic N) is 4. The summed E-state index contributed by atoms with van der Waals surface area (Å²) in [5.41, 5.74) is 2.95. The van der Waals surface area contributed by atoms with Crippen LogP contribution in [-0.2, 0) is 6.42 Å². The summed E-state index contributed by atoms with van der Waals surface area (Å²) in [5, 5.41) is 3.84. The highest BCUT2D eigenvalue weighted by Gasteiger charge is 2.21. The lowest BCUT2D eigenvalue weighted by atomic mass is 10.1. The van der Waals surface area contributed by atoms with Crippen LogP contribution in [0.3, 0.4) is 0 Å². The van der Waals surface area contributed by atoms with Crippen molar-refractivity contribution in [3.05, 3.63) is 71.3 Å². The van der Waals surface area contributed by atoms with Crippen LogP contribution in [-0.4, -0.2) is 46.5 Å². The molecule has 1 fully saturated rings. The van der Waals surface area contributed by atoms with Crippen molar-refractivity contribution in [3.63, 3.8) is 0 Å². The number of hydrogen-bond acceptors (Lipinski definition) is 5. The number of carbonyl (C=O) groups excluding carboxylic acids is 1. The fourth-order valence-corrected chi connectivity index (χ4v) is 4.12. The molecule has 0 bridgehead atoms. The van der Waals surface area contributed by atoms with Gasteiger partial charge in [-0.2, -0.15) is 4.37 Å². The van der Waals surface area contributed by atoms with Crippen LogP contribution in [0.5, 0.6) is 0 Å². The van der Waals surface area contributed by atoms with Crippen LogP contribution in [0.2, 0.25) is 0 Å². The standard InChI is InChI=1S/C22H24FN5OS/c1-16-3-9-19(10-4-16)24-21(29)27-11-2-12-28(14-13-27)22-25-20(26-30-22)15-17-5-7-18(23)8-6-17/h3-10H,2,11-15H2,1H3,(H,24,29). The van der Waals surface area contributed by atoms with Crippen molar-refractivity contribution >= 4 is 28.4 Å². The fraction of sp³-hybridized carbons (Fsp3) is 0.318. The molecule has 2 heterocycles. The molecular weight excluding hydrogens is 401 g/mol. The predicted octanol–water partition coefficient (Wildman–Crippen LogP) is 4.32. The summed E-state index contributed by atoms with van der Waals surface area (Å²) in [6.07, 6.45) is 1.45. The van der Waals surface area contributed by atoms with Crippen molar-refractivity contribution in [3.8, 4) is 0 Å². The Morgan fingerprint density at radius 1 is 1.07 bits per heavy atom. The maximum atomic E-state index is 13.1. The van der Waals surface area contributed by atoms with E-state index in [9.17, 15) is 9.18 Å². The van der Waals surface area contributed by atoms with Gasteiger partial charge in [-0.25, -0.2) is 14.2 Å². The average Bonchev–Trinajstić information content (AvgIpc) is 3.06. The first kappa shape index (κ1) is 20.3. The van der Waals surface area contributed by atoms with E-state index in [1.54, 1.807) is 12.1 Å². The molecule has 8 heteroatoms. The van der Waals surface area contributed by atoms with E-state index in [0.717, 1.165) is 40.7 Å². The third-order valence-corrected chi connectivity index (χ3v) is 5.90. The minimum Gasteiger partial charge on any atom is -0.345 e. The van der Waals surface area contributed by atoms with Gasteiger partial charge in [-0.1, -0.05) is 29.8 Å². The second kappa shape index (κ2) is 9.21. The van der Waals surface area contributed by atoms with Gasteiger partial charge in [0.1, 0.15) is 11.6 Å². The van der Waals surface area contributed by atoms with Gasteiger partial charge in [0.05, 0.1) is 0 Å². The number of amides is 2. The third kappa shape index (κ3) is 5.13. The van der Waals surface area contributed by atoms with Gasteiger partial charge in [-0.3, -0.25) is 0 Å². The molecule has 1 aliphatic rings. The molecule has 0 radical (unpaired) electrons. The lowest BCUT2D eigenvalue weighted by Crippen LogP contribution is -2.38. The van der Waals surface area contributed by atoms with E-state index in [1.807, 2.05) is 36.1 Å². The molecule has 0 aliphatic carbocycles. The first-order valence-corrected chi connectivity index (χ1v) is 10.8. The van der Waals surface area contributed by atoms with Gasteiger partial charge in [-0.05, 0) is 43.2 Å². The van der Waals surface area contributed by atoms with Crippen molar-refractivity contribution < 1.29 is 9.18 Å². The van der Waals surface area contributed by atoms with Gasteiger partial charge in [0.15, 0.2) is 0 Å². The smallest absolute Gasteiger partial charge is 0.321 e. The molecule has 0 spiro atoms. The summed E-state index contributed by atoms with van der Waals surface area (Å²) in [7, 11) is 0. The summed E-state index contributed by atoms with van der Waals surface area (Å²) in [6.45, 7) is 4.90. The van der Waals surface area contributed by atoms with Gasteiger partial charge in [0.2, 0.25) is 5.13 Å². The lowest BCUT2D eigenvalue weighted by molar-refractivity contribution is 0.215. The first-order valence-electron chi connectivity index (χ1n) is 10.0. The van der Waals surface area contributed by atoms with Crippen molar-refractivity contribution in [2.45, 2.75) is 19.8 Å². The summed E-state index contributed by atoms with van der Waals surface area (Å²) in [4.78, 5) is 21.3. The van der Waals surface area contributed by atoms with E-state index < -0.39 is 0 Å². The Balaban J connectivity index is 1.33. The van der Waals surface area contributed by atoms with E-state index in [1.165, 1.54) is 23.7 Å². The number of aryl methyl sites for hydroxylation is 1. The number of carbonyl (C=O) groups is 1. The van der Waals surface area contributed by atoms with Gasteiger partial charge in [0, 0.05) is 49.8 Å². The molecule has 1 saturated heterocycles. The van der Waals surface area contributed by atoms with Crippen LogP contribution in [0, 0.1) is 12.7 Å². The number of benzene rings is 2.